The Labute approximate surface area is 304 Å². The maximum absolute atomic E-state index is 14.1. The third-order valence-electron chi connectivity index (χ3n) is 9.14. The molecule has 2 rings (SSSR count). The summed E-state index contributed by atoms with van der Waals surface area (Å²) in [5.41, 5.74) is -0.136. The zero-order valence-corrected chi connectivity index (χ0v) is 33.6. The number of nitrogens with one attached hydrogen (secondary N) is 2. The van der Waals surface area contributed by atoms with Crippen LogP contribution in [0.1, 0.15) is 101 Å². The normalized spacial score (nSPS) is 20.7. The van der Waals surface area contributed by atoms with E-state index in [2.05, 4.69) is 46.1 Å². The van der Waals surface area contributed by atoms with Crippen molar-refractivity contribution in [3.8, 4) is 0 Å². The summed E-state index contributed by atoms with van der Waals surface area (Å²) in [4.78, 5) is 72.2. The number of likely N-dealkylation sites (N-methyl/N-ethyl adjacent to an activating group) is 1. The van der Waals surface area contributed by atoms with Crippen molar-refractivity contribution < 1.29 is 46.7 Å². The Morgan fingerprint density at radius 1 is 0.979 bits per heavy atom. The van der Waals surface area contributed by atoms with Gasteiger partial charge in [-0.25, -0.2) is 4.79 Å². The third-order valence-corrected chi connectivity index (χ3v) is 9.14. The van der Waals surface area contributed by atoms with Crippen LogP contribution >= 0.6 is 9.82 Å². The summed E-state index contributed by atoms with van der Waals surface area (Å²) < 4.78 is 5.04. The average Bonchev–Trinajstić information content (AvgIpc) is 3.54. The summed E-state index contributed by atoms with van der Waals surface area (Å²) >= 11 is 1.53. The molecule has 2 saturated heterocycles. The molecule has 5 atom stereocenters. The van der Waals surface area contributed by atoms with Gasteiger partial charge in [-0.15, -0.1) is 0 Å². The molecule has 11 nitrogen and oxygen atoms in total. The van der Waals surface area contributed by atoms with E-state index in [1.165, 1.54) is 22.9 Å². The summed E-state index contributed by atoms with van der Waals surface area (Å²) in [5, 5.41) is 5.82. The molecule has 274 valence electrons. The Bertz CT molecular complexity index is 1140. The number of hydrogen-bond donors (Lipinski definition) is 2. The Balaban J connectivity index is 0.00000565. The van der Waals surface area contributed by atoms with Crippen LogP contribution in [0.25, 0.3) is 0 Å². The van der Waals surface area contributed by atoms with Crippen molar-refractivity contribution in [2.45, 2.75) is 137 Å². The van der Waals surface area contributed by atoms with E-state index in [0.29, 0.717) is 25.0 Å². The van der Waals surface area contributed by atoms with Crippen molar-refractivity contribution in [3.63, 3.8) is 0 Å². The van der Waals surface area contributed by atoms with E-state index in [0.717, 1.165) is 25.8 Å². The average molecular weight is 775 g/mol. The standard InChI is InChI=1S/C35H60N5O6.Mo.S/c1-12-25(34(45)46-13-2)36-30(41)27-18-16-20-40(27)32(43)24(7)21-28(22(3)4)38(11)33(44)29(35(8,9)10)37-31(42)26-17-14-15-19-39(26)23(5)6;;/h21-23,25-29H,1,12-20H2,2-11H3,(H,36,41)(H,37,42);;/q-1;;/b24-21+;;/t25?,26-,27+,28?,29-;;/m1../s1. The summed E-state index contributed by atoms with van der Waals surface area (Å²) in [6.45, 7) is 22.6. The van der Waals surface area contributed by atoms with Gasteiger partial charge in [0.05, 0.1) is 24.7 Å². The SMILES string of the molecule is [CH2-]CC(NC(=O)[C@@H]1CCCN1C(=O)/C(C)=C/C(C(C)C)N(C)C(=O)[C@@H](NC(=O)[C@H]1CCCCN1C(C)C)C(C)(C)C)C(=O)OCC.[S]=[Mo]. The Morgan fingerprint density at radius 2 is 1.56 bits per heavy atom. The molecular formula is C35H60MoN5O6S-. The van der Waals surface area contributed by atoms with Gasteiger partial charge in [-0.1, -0.05) is 47.1 Å². The van der Waals surface area contributed by atoms with E-state index in [4.69, 9.17) is 4.74 Å². The number of amides is 4. The number of likely N-dealkylation sites (tertiary alicyclic amines) is 2. The number of rotatable bonds is 13. The number of carbonyl (C=O) groups excluding carboxylic acids is 5. The van der Waals surface area contributed by atoms with Crippen molar-refractivity contribution in [1.82, 2.24) is 25.3 Å². The van der Waals surface area contributed by atoms with Gasteiger partial charge in [0.2, 0.25) is 23.6 Å². The van der Waals surface area contributed by atoms with E-state index < -0.39 is 41.5 Å². The first-order valence-electron chi connectivity index (χ1n) is 17.2. The molecule has 2 aliphatic heterocycles. The van der Waals surface area contributed by atoms with E-state index in [1.54, 1.807) is 31.9 Å². The zero-order chi connectivity index (χ0) is 36.9. The van der Waals surface area contributed by atoms with E-state index in [1.807, 2.05) is 34.6 Å². The van der Waals surface area contributed by atoms with Crippen molar-refractivity contribution in [2.24, 2.45) is 11.3 Å². The fraction of sp³-hybridized carbons (Fsp3) is 0.771. The monoisotopic (exact) mass is 776 g/mol. The van der Waals surface area contributed by atoms with Gasteiger partial charge in [0, 0.05) is 25.2 Å². The molecule has 0 aliphatic carbocycles. The summed E-state index contributed by atoms with van der Waals surface area (Å²) in [6, 6.07) is -2.85. The minimum atomic E-state index is -0.880. The van der Waals surface area contributed by atoms with Crippen LogP contribution in [-0.4, -0.2) is 107 Å². The molecule has 4 amide bonds. The van der Waals surface area contributed by atoms with Crippen LogP contribution in [0.15, 0.2) is 11.6 Å². The van der Waals surface area contributed by atoms with Crippen LogP contribution in [0.4, 0.5) is 0 Å². The number of nitrogens with zero attached hydrogens (tertiary/aromatic N) is 3. The zero-order valence-electron chi connectivity index (χ0n) is 30.8. The molecular weight excluding hydrogens is 714 g/mol. The van der Waals surface area contributed by atoms with Gasteiger partial charge in [-0.2, -0.15) is 6.42 Å². The fourth-order valence-electron chi connectivity index (χ4n) is 6.44. The van der Waals surface area contributed by atoms with Crippen LogP contribution < -0.4 is 10.6 Å². The number of ether oxygens (including phenoxy) is 1. The molecule has 0 radical (unpaired) electrons. The molecule has 2 heterocycles. The van der Waals surface area contributed by atoms with Crippen molar-refractivity contribution in [3.05, 3.63) is 18.6 Å². The van der Waals surface area contributed by atoms with Gasteiger partial charge in [-0.05, 0) is 71.3 Å². The number of piperidine rings is 1. The Hall–Kier alpha value is -2.04. The molecule has 0 bridgehead atoms. The predicted octanol–water partition coefficient (Wildman–Crippen LogP) is 4.12. The summed E-state index contributed by atoms with van der Waals surface area (Å²) in [7, 11) is 5.81. The fourth-order valence-corrected chi connectivity index (χ4v) is 6.44. The molecule has 13 heteroatoms. The first-order valence-corrected chi connectivity index (χ1v) is 20.0. The predicted molar refractivity (Wildman–Crippen MR) is 187 cm³/mol. The summed E-state index contributed by atoms with van der Waals surface area (Å²) in [5.74, 6) is -1.64. The quantitative estimate of drug-likeness (QED) is 0.124. The van der Waals surface area contributed by atoms with Crippen LogP contribution in [-0.2, 0) is 46.7 Å². The Kier molecular flexibility index (Phi) is 18.9. The summed E-state index contributed by atoms with van der Waals surface area (Å²) in [6.07, 6.45) is 5.85. The van der Waals surface area contributed by atoms with Crippen LogP contribution in [0.2, 0.25) is 0 Å². The van der Waals surface area contributed by atoms with E-state index in [-0.39, 0.29) is 48.8 Å². The first kappa shape index (κ1) is 44.0. The maximum atomic E-state index is 14.1. The number of hydrogen-bond acceptors (Lipinski definition) is 8. The third kappa shape index (κ3) is 12.1. The van der Waals surface area contributed by atoms with Gasteiger partial charge < -0.3 is 32.1 Å². The van der Waals surface area contributed by atoms with Crippen LogP contribution in [0, 0.1) is 18.3 Å². The molecule has 0 aromatic heterocycles. The second kappa shape index (κ2) is 20.6. The van der Waals surface area contributed by atoms with Crippen molar-refractivity contribution in [2.75, 3.05) is 26.7 Å². The van der Waals surface area contributed by atoms with Gasteiger partial charge >= 0.3 is 33.8 Å². The molecule has 0 aromatic carbocycles. The molecule has 2 N–H and O–H groups in total. The molecule has 2 fully saturated rings. The van der Waals surface area contributed by atoms with Crippen LogP contribution in [0.3, 0.4) is 0 Å². The van der Waals surface area contributed by atoms with Gasteiger partial charge in [-0.3, -0.25) is 24.1 Å². The molecule has 2 unspecified atom stereocenters. The molecule has 0 aromatic rings. The molecule has 0 spiro atoms. The first-order chi connectivity index (χ1) is 22.5. The molecule has 2 aliphatic rings. The molecule has 0 saturated carbocycles. The van der Waals surface area contributed by atoms with Gasteiger partial charge in [0.15, 0.2) is 0 Å². The topological polar surface area (TPSA) is 128 Å². The van der Waals surface area contributed by atoms with Gasteiger partial charge in [0.1, 0.15) is 12.1 Å². The number of esters is 1. The minimum absolute atomic E-state index is 0.0390. The van der Waals surface area contributed by atoms with Gasteiger partial charge in [0.25, 0.3) is 0 Å². The van der Waals surface area contributed by atoms with E-state index in [9.17, 15) is 24.0 Å². The Morgan fingerprint density at radius 3 is 2.08 bits per heavy atom. The van der Waals surface area contributed by atoms with Crippen molar-refractivity contribution in [1.29, 1.82) is 0 Å². The van der Waals surface area contributed by atoms with E-state index >= 15 is 0 Å². The van der Waals surface area contributed by atoms with Crippen molar-refractivity contribution >= 4 is 39.4 Å². The second-order valence-corrected chi connectivity index (χ2v) is 14.4. The van der Waals surface area contributed by atoms with Crippen LogP contribution in [0.5, 0.6) is 0 Å². The second-order valence-electron chi connectivity index (χ2n) is 14.4. The number of carbonyl (C=O) groups is 5. The molecule has 48 heavy (non-hydrogen) atoms.